The zero-order valence-electron chi connectivity index (χ0n) is 10.9. The molecular formula is C16H13F2NO. The summed E-state index contributed by atoms with van der Waals surface area (Å²) in [5.74, 6) is -1.76. The summed E-state index contributed by atoms with van der Waals surface area (Å²) in [6, 6.07) is 9.60. The molecule has 2 N–H and O–H groups in total. The van der Waals surface area contributed by atoms with E-state index in [1.165, 1.54) is 25.3 Å². The van der Waals surface area contributed by atoms with E-state index >= 15 is 0 Å². The van der Waals surface area contributed by atoms with Crippen LogP contribution >= 0.6 is 0 Å². The van der Waals surface area contributed by atoms with Crippen LogP contribution in [0.25, 0.3) is 11.0 Å². The number of aryl methyl sites for hydroxylation is 1. The second-order valence-corrected chi connectivity index (χ2v) is 4.76. The van der Waals surface area contributed by atoms with Gasteiger partial charge in [-0.05, 0) is 18.6 Å². The normalized spacial score (nSPS) is 12.8. The first kappa shape index (κ1) is 12.8. The maximum atomic E-state index is 14.0. The van der Waals surface area contributed by atoms with Crippen molar-refractivity contribution in [1.82, 2.24) is 0 Å². The summed E-state index contributed by atoms with van der Waals surface area (Å²) < 4.78 is 33.1. The highest BCUT2D eigenvalue weighted by Gasteiger charge is 2.21. The minimum absolute atomic E-state index is 0.125. The third kappa shape index (κ3) is 1.89. The number of benzene rings is 2. The molecule has 20 heavy (non-hydrogen) atoms. The van der Waals surface area contributed by atoms with Gasteiger partial charge in [0.05, 0.1) is 12.3 Å². The van der Waals surface area contributed by atoms with Gasteiger partial charge >= 0.3 is 0 Å². The van der Waals surface area contributed by atoms with Gasteiger partial charge in [0.25, 0.3) is 0 Å². The SMILES string of the molecule is Cc1ccc(C(N)c2coc3ccccc23)c(F)c1F. The zero-order chi connectivity index (χ0) is 14.3. The molecule has 0 aliphatic rings. The highest BCUT2D eigenvalue weighted by atomic mass is 19.2. The fraction of sp³-hybridized carbons (Fsp3) is 0.125. The fourth-order valence-electron chi connectivity index (χ4n) is 2.31. The van der Waals surface area contributed by atoms with Crippen molar-refractivity contribution >= 4 is 11.0 Å². The Morgan fingerprint density at radius 3 is 2.55 bits per heavy atom. The predicted octanol–water partition coefficient (Wildman–Crippen LogP) is 4.07. The van der Waals surface area contributed by atoms with Crippen molar-refractivity contribution < 1.29 is 13.2 Å². The van der Waals surface area contributed by atoms with E-state index in [1.807, 2.05) is 18.2 Å². The molecule has 0 spiro atoms. The molecular weight excluding hydrogens is 260 g/mol. The standard InChI is InChI=1S/C16H13F2NO/c1-9-6-7-11(15(18)14(9)17)16(19)12-8-20-13-5-3-2-4-10(12)13/h2-8,16H,19H2,1H3. The van der Waals surface area contributed by atoms with Gasteiger partial charge in [-0.25, -0.2) is 8.78 Å². The molecule has 0 amide bonds. The number of fused-ring (bicyclic) bond motifs is 1. The Bertz CT molecular complexity index is 779. The Hall–Kier alpha value is -2.20. The Labute approximate surface area is 114 Å². The van der Waals surface area contributed by atoms with Crippen molar-refractivity contribution in [2.24, 2.45) is 5.73 Å². The molecule has 0 radical (unpaired) electrons. The van der Waals surface area contributed by atoms with Gasteiger partial charge in [-0.3, -0.25) is 0 Å². The molecule has 1 heterocycles. The zero-order valence-corrected chi connectivity index (χ0v) is 10.9. The number of hydrogen-bond acceptors (Lipinski definition) is 2. The van der Waals surface area contributed by atoms with Gasteiger partial charge in [0.15, 0.2) is 11.6 Å². The number of hydrogen-bond donors (Lipinski definition) is 1. The Morgan fingerprint density at radius 1 is 1.00 bits per heavy atom. The smallest absolute Gasteiger partial charge is 0.164 e. The van der Waals surface area contributed by atoms with Crippen LogP contribution in [0.5, 0.6) is 0 Å². The van der Waals surface area contributed by atoms with Gasteiger partial charge in [0, 0.05) is 16.5 Å². The molecule has 0 aliphatic carbocycles. The summed E-state index contributed by atoms with van der Waals surface area (Å²) in [7, 11) is 0. The third-order valence-corrected chi connectivity index (χ3v) is 3.49. The van der Waals surface area contributed by atoms with Gasteiger partial charge < -0.3 is 10.2 Å². The lowest BCUT2D eigenvalue weighted by Crippen LogP contribution is -2.14. The Kier molecular flexibility index (Phi) is 3.03. The molecule has 1 aromatic heterocycles. The molecule has 0 bridgehead atoms. The molecule has 4 heteroatoms. The molecule has 0 saturated carbocycles. The van der Waals surface area contributed by atoms with E-state index in [-0.39, 0.29) is 11.1 Å². The average Bonchev–Trinajstić information content (AvgIpc) is 2.88. The van der Waals surface area contributed by atoms with Gasteiger partial charge in [-0.1, -0.05) is 30.3 Å². The molecule has 3 aromatic rings. The average molecular weight is 273 g/mol. The largest absolute Gasteiger partial charge is 0.464 e. The van der Waals surface area contributed by atoms with Crippen LogP contribution in [0.3, 0.4) is 0 Å². The van der Waals surface area contributed by atoms with E-state index in [4.69, 9.17) is 10.2 Å². The van der Waals surface area contributed by atoms with Crippen molar-refractivity contribution in [2.75, 3.05) is 0 Å². The van der Waals surface area contributed by atoms with E-state index in [2.05, 4.69) is 0 Å². The fourth-order valence-corrected chi connectivity index (χ4v) is 2.31. The van der Waals surface area contributed by atoms with E-state index in [0.717, 1.165) is 5.39 Å². The minimum Gasteiger partial charge on any atom is -0.464 e. The van der Waals surface area contributed by atoms with Gasteiger partial charge in [0.2, 0.25) is 0 Å². The molecule has 1 atom stereocenters. The monoisotopic (exact) mass is 273 g/mol. The lowest BCUT2D eigenvalue weighted by molar-refractivity contribution is 0.489. The summed E-state index contributed by atoms with van der Waals surface area (Å²) in [4.78, 5) is 0. The molecule has 2 aromatic carbocycles. The van der Waals surface area contributed by atoms with Crippen molar-refractivity contribution in [1.29, 1.82) is 0 Å². The van der Waals surface area contributed by atoms with Crippen LogP contribution in [-0.2, 0) is 0 Å². The minimum atomic E-state index is -0.900. The van der Waals surface area contributed by atoms with Gasteiger partial charge in [-0.15, -0.1) is 0 Å². The first-order valence-corrected chi connectivity index (χ1v) is 6.26. The van der Waals surface area contributed by atoms with Crippen LogP contribution in [0, 0.1) is 18.6 Å². The van der Waals surface area contributed by atoms with Crippen molar-refractivity contribution in [3.8, 4) is 0 Å². The molecule has 1 unspecified atom stereocenters. The predicted molar refractivity (Wildman–Crippen MR) is 73.3 cm³/mol. The first-order valence-electron chi connectivity index (χ1n) is 6.26. The van der Waals surface area contributed by atoms with Crippen LogP contribution in [0.4, 0.5) is 8.78 Å². The number of halogens is 2. The highest BCUT2D eigenvalue weighted by Crippen LogP contribution is 2.31. The quantitative estimate of drug-likeness (QED) is 0.764. The lowest BCUT2D eigenvalue weighted by Gasteiger charge is -2.13. The number of nitrogens with two attached hydrogens (primary N) is 1. The maximum absolute atomic E-state index is 14.0. The van der Waals surface area contributed by atoms with Crippen LogP contribution in [0.1, 0.15) is 22.7 Å². The molecule has 3 rings (SSSR count). The summed E-state index contributed by atoms with van der Waals surface area (Å²) in [5, 5.41) is 0.806. The lowest BCUT2D eigenvalue weighted by atomic mass is 9.97. The maximum Gasteiger partial charge on any atom is 0.164 e. The van der Waals surface area contributed by atoms with Crippen LogP contribution in [-0.4, -0.2) is 0 Å². The molecule has 0 fully saturated rings. The summed E-state index contributed by atoms with van der Waals surface area (Å²) >= 11 is 0. The highest BCUT2D eigenvalue weighted by molar-refractivity contribution is 5.81. The van der Waals surface area contributed by atoms with Gasteiger partial charge in [-0.2, -0.15) is 0 Å². The summed E-state index contributed by atoms with van der Waals surface area (Å²) in [6.45, 7) is 1.51. The van der Waals surface area contributed by atoms with E-state index in [0.29, 0.717) is 11.1 Å². The number of para-hydroxylation sites is 1. The second kappa shape index (κ2) is 4.72. The molecule has 0 saturated heterocycles. The Balaban J connectivity index is 2.13. The van der Waals surface area contributed by atoms with Crippen LogP contribution in [0.15, 0.2) is 47.1 Å². The van der Waals surface area contributed by atoms with E-state index in [1.54, 1.807) is 6.07 Å². The van der Waals surface area contributed by atoms with Gasteiger partial charge in [0.1, 0.15) is 5.58 Å². The summed E-state index contributed by atoms with van der Waals surface area (Å²) in [6.07, 6.45) is 1.49. The molecule has 0 aliphatic heterocycles. The van der Waals surface area contributed by atoms with E-state index in [9.17, 15) is 8.78 Å². The number of rotatable bonds is 2. The molecule has 102 valence electrons. The van der Waals surface area contributed by atoms with Crippen LogP contribution < -0.4 is 5.73 Å². The molecule has 2 nitrogen and oxygen atoms in total. The first-order chi connectivity index (χ1) is 9.59. The second-order valence-electron chi connectivity index (χ2n) is 4.76. The van der Waals surface area contributed by atoms with Crippen molar-refractivity contribution in [2.45, 2.75) is 13.0 Å². The van der Waals surface area contributed by atoms with E-state index < -0.39 is 17.7 Å². The number of furan rings is 1. The van der Waals surface area contributed by atoms with Crippen molar-refractivity contribution in [3.05, 3.63) is 71.0 Å². The summed E-state index contributed by atoms with van der Waals surface area (Å²) in [5.41, 5.74) is 7.78. The topological polar surface area (TPSA) is 39.2 Å². The third-order valence-electron chi connectivity index (χ3n) is 3.49. The van der Waals surface area contributed by atoms with Crippen molar-refractivity contribution in [3.63, 3.8) is 0 Å². The Morgan fingerprint density at radius 2 is 1.75 bits per heavy atom. The van der Waals surface area contributed by atoms with Crippen LogP contribution in [0.2, 0.25) is 0 Å².